The molecule has 0 fully saturated rings. The average Bonchev–Trinajstić information content (AvgIpc) is 2.32. The number of hydrogen-bond acceptors (Lipinski definition) is 4. The van der Waals surface area contributed by atoms with Crippen LogP contribution in [0.5, 0.6) is 0 Å². The quantitative estimate of drug-likeness (QED) is 0.550. The van der Waals surface area contributed by atoms with Gasteiger partial charge in [-0.2, -0.15) is 0 Å². The Morgan fingerprint density at radius 2 is 2.00 bits per heavy atom. The van der Waals surface area contributed by atoms with Crippen molar-refractivity contribution in [3.05, 3.63) is 28.1 Å². The predicted molar refractivity (Wildman–Crippen MR) is 33.8 cm³/mol. The van der Waals surface area contributed by atoms with E-state index in [1.54, 1.807) is 0 Å². The summed E-state index contributed by atoms with van der Waals surface area (Å²) < 4.78 is 4.55. The van der Waals surface area contributed by atoms with Crippen molar-refractivity contribution in [3.8, 4) is 0 Å². The predicted octanol–water partition coefficient (Wildman–Crippen LogP) is 0.877. The molecule has 1 aliphatic heterocycles. The number of nitrogens with zero attached hydrogens (tertiary/aromatic N) is 2. The number of carbonyl (C=O) groups is 1. The number of azo groups is 1. The maximum atomic E-state index is 10.8. The van der Waals surface area contributed by atoms with Crippen LogP contribution in [0.2, 0.25) is 0 Å². The minimum atomic E-state index is -0.530. The van der Waals surface area contributed by atoms with Gasteiger partial charge in [0.25, 0.3) is 5.88 Å². The van der Waals surface area contributed by atoms with E-state index in [-0.39, 0.29) is 11.4 Å². The molecule has 0 unspecified atom stereocenters. The van der Waals surface area contributed by atoms with Gasteiger partial charge in [0.1, 0.15) is 5.56 Å². The number of hydrogen-bond donors (Lipinski definition) is 0. The second-order valence-electron chi connectivity index (χ2n) is 1.98. The molecule has 0 aliphatic carbocycles. The standard InChI is InChI=1S/C6H2N2O3/c9-4-2-1-3-5(10)7-8-6(3)11-4/h1-2H. The van der Waals surface area contributed by atoms with E-state index in [9.17, 15) is 9.59 Å². The summed E-state index contributed by atoms with van der Waals surface area (Å²) >= 11 is 0. The monoisotopic (exact) mass is 150 g/mol. The van der Waals surface area contributed by atoms with Gasteiger partial charge in [0.2, 0.25) is 0 Å². The Balaban J connectivity index is 2.76. The summed E-state index contributed by atoms with van der Waals surface area (Å²) in [5, 5.41) is 6.55. The molecule has 1 aromatic heterocycles. The fraction of sp³-hybridized carbons (Fsp3) is 0. The zero-order chi connectivity index (χ0) is 7.84. The van der Waals surface area contributed by atoms with Gasteiger partial charge in [-0.3, -0.25) is 4.79 Å². The molecule has 0 N–H and O–H groups in total. The lowest BCUT2D eigenvalue weighted by Gasteiger charge is -1.86. The second kappa shape index (κ2) is 1.85. The first-order valence-electron chi connectivity index (χ1n) is 2.87. The largest absolute Gasteiger partial charge is 0.402 e. The van der Waals surface area contributed by atoms with Gasteiger partial charge in [-0.1, -0.05) is 0 Å². The van der Waals surface area contributed by atoms with Crippen molar-refractivity contribution >= 4 is 11.8 Å². The van der Waals surface area contributed by atoms with Crippen molar-refractivity contribution in [2.24, 2.45) is 10.2 Å². The van der Waals surface area contributed by atoms with Crippen molar-refractivity contribution in [2.45, 2.75) is 0 Å². The molecule has 54 valence electrons. The molecule has 1 amide bonds. The van der Waals surface area contributed by atoms with E-state index in [0.29, 0.717) is 0 Å². The highest BCUT2D eigenvalue weighted by atomic mass is 16.4. The smallest absolute Gasteiger partial charge is 0.337 e. The summed E-state index contributed by atoms with van der Waals surface area (Å²) in [4.78, 5) is 21.3. The van der Waals surface area contributed by atoms with Crippen LogP contribution in [0.15, 0.2) is 31.6 Å². The third-order valence-corrected chi connectivity index (χ3v) is 1.28. The summed E-state index contributed by atoms with van der Waals surface area (Å²) in [6.45, 7) is 0. The Bertz CT molecular complexity index is 405. The van der Waals surface area contributed by atoms with Crippen LogP contribution < -0.4 is 5.63 Å². The molecule has 1 aliphatic rings. The minimum Gasteiger partial charge on any atom is -0.402 e. The van der Waals surface area contributed by atoms with Gasteiger partial charge < -0.3 is 4.42 Å². The van der Waals surface area contributed by atoms with Crippen LogP contribution in [-0.2, 0) is 0 Å². The van der Waals surface area contributed by atoms with Crippen molar-refractivity contribution in [1.82, 2.24) is 0 Å². The summed E-state index contributed by atoms with van der Waals surface area (Å²) in [6.07, 6.45) is 0. The van der Waals surface area contributed by atoms with E-state index in [4.69, 9.17) is 0 Å². The van der Waals surface area contributed by atoms with E-state index in [1.165, 1.54) is 6.07 Å². The summed E-state index contributed by atoms with van der Waals surface area (Å²) in [5.74, 6) is -0.466. The van der Waals surface area contributed by atoms with E-state index in [1.807, 2.05) is 0 Å². The topological polar surface area (TPSA) is 72.0 Å². The van der Waals surface area contributed by atoms with Crippen LogP contribution in [-0.4, -0.2) is 5.91 Å². The van der Waals surface area contributed by atoms with Gasteiger partial charge >= 0.3 is 11.5 Å². The molecule has 0 aromatic carbocycles. The van der Waals surface area contributed by atoms with Crippen molar-refractivity contribution < 1.29 is 9.21 Å². The lowest BCUT2D eigenvalue weighted by Crippen LogP contribution is -1.97. The SMILES string of the molecule is O=C1N=Nc2oc(=O)ccc21. The molecule has 5 heteroatoms. The van der Waals surface area contributed by atoms with Gasteiger partial charge in [0.05, 0.1) is 0 Å². The summed E-state index contributed by atoms with van der Waals surface area (Å²) in [5.41, 5.74) is -0.290. The number of fused-ring (bicyclic) bond motifs is 1. The van der Waals surface area contributed by atoms with Crippen LogP contribution in [0.3, 0.4) is 0 Å². The zero-order valence-corrected chi connectivity index (χ0v) is 5.27. The maximum Gasteiger partial charge on any atom is 0.337 e. The lowest BCUT2D eigenvalue weighted by molar-refractivity contribution is 0.100. The van der Waals surface area contributed by atoms with Gasteiger partial charge in [0, 0.05) is 6.07 Å². The first kappa shape index (κ1) is 5.96. The third kappa shape index (κ3) is 0.778. The van der Waals surface area contributed by atoms with Crippen LogP contribution in [0, 0.1) is 0 Å². The first-order chi connectivity index (χ1) is 5.27. The van der Waals surface area contributed by atoms with Crippen LogP contribution >= 0.6 is 0 Å². The molecule has 2 rings (SSSR count). The Hall–Kier alpha value is -1.78. The molecule has 1 aromatic rings. The average molecular weight is 150 g/mol. The number of rotatable bonds is 0. The lowest BCUT2D eigenvalue weighted by atomic mass is 10.3. The second-order valence-corrected chi connectivity index (χ2v) is 1.98. The van der Waals surface area contributed by atoms with Gasteiger partial charge in [-0.15, -0.1) is 10.2 Å². The fourth-order valence-electron chi connectivity index (χ4n) is 0.789. The molecule has 0 radical (unpaired) electrons. The molecule has 2 heterocycles. The van der Waals surface area contributed by atoms with Crippen LogP contribution in [0.1, 0.15) is 10.4 Å². The molecule has 5 nitrogen and oxygen atoms in total. The van der Waals surface area contributed by atoms with Crippen molar-refractivity contribution in [1.29, 1.82) is 0 Å². The van der Waals surface area contributed by atoms with E-state index in [0.717, 1.165) is 6.07 Å². The molecular weight excluding hydrogens is 148 g/mol. The van der Waals surface area contributed by atoms with Gasteiger partial charge in [-0.25, -0.2) is 4.79 Å². The summed E-state index contributed by atoms with van der Waals surface area (Å²) in [7, 11) is 0. The Kier molecular flexibility index (Phi) is 1.00. The highest BCUT2D eigenvalue weighted by molar-refractivity contribution is 6.00. The molecular formula is C6H2N2O3. The normalized spacial score (nSPS) is 13.6. The molecule has 0 atom stereocenters. The number of carbonyl (C=O) groups excluding carboxylic acids is 1. The molecule has 0 saturated heterocycles. The van der Waals surface area contributed by atoms with E-state index >= 15 is 0 Å². The third-order valence-electron chi connectivity index (χ3n) is 1.28. The fourth-order valence-corrected chi connectivity index (χ4v) is 0.789. The Labute approximate surface area is 60.4 Å². The minimum absolute atomic E-state index is 0.00231. The maximum absolute atomic E-state index is 10.8. The highest BCUT2D eigenvalue weighted by Gasteiger charge is 2.19. The highest BCUT2D eigenvalue weighted by Crippen LogP contribution is 2.23. The first-order valence-corrected chi connectivity index (χ1v) is 2.87. The Morgan fingerprint density at radius 1 is 1.18 bits per heavy atom. The van der Waals surface area contributed by atoms with E-state index in [2.05, 4.69) is 14.6 Å². The van der Waals surface area contributed by atoms with Crippen LogP contribution in [0.25, 0.3) is 0 Å². The van der Waals surface area contributed by atoms with E-state index < -0.39 is 11.5 Å². The Morgan fingerprint density at radius 3 is 2.82 bits per heavy atom. The van der Waals surface area contributed by atoms with Gasteiger partial charge in [0.15, 0.2) is 0 Å². The molecule has 11 heavy (non-hydrogen) atoms. The van der Waals surface area contributed by atoms with Crippen LogP contribution in [0.4, 0.5) is 5.88 Å². The molecule has 0 saturated carbocycles. The van der Waals surface area contributed by atoms with Crippen molar-refractivity contribution in [2.75, 3.05) is 0 Å². The zero-order valence-electron chi connectivity index (χ0n) is 5.27. The summed E-state index contributed by atoms with van der Waals surface area (Å²) in [6, 6.07) is 2.51. The van der Waals surface area contributed by atoms with Gasteiger partial charge in [-0.05, 0) is 6.07 Å². The molecule has 0 bridgehead atoms. The number of amides is 1. The molecule has 0 spiro atoms. The van der Waals surface area contributed by atoms with Crippen molar-refractivity contribution in [3.63, 3.8) is 0 Å².